The molecule has 3 rings (SSSR count). The van der Waals surface area contributed by atoms with E-state index in [1.165, 1.54) is 6.07 Å². The Morgan fingerprint density at radius 1 is 1.35 bits per heavy atom. The number of hydrogen-bond acceptors (Lipinski definition) is 5. The van der Waals surface area contributed by atoms with Crippen LogP contribution >= 0.6 is 0 Å². The van der Waals surface area contributed by atoms with Gasteiger partial charge >= 0.3 is 0 Å². The fraction of sp³-hybridized carbons (Fsp3) is 0.421. The van der Waals surface area contributed by atoms with Crippen LogP contribution in [0.1, 0.15) is 23.9 Å². The number of hydrogen-bond donors (Lipinski definition) is 0. The number of carbonyl (C=O) groups excluding carboxylic acids is 1. The van der Waals surface area contributed by atoms with Crippen LogP contribution in [-0.2, 0) is 4.79 Å². The molecule has 0 bridgehead atoms. The van der Waals surface area contributed by atoms with E-state index < -0.39 is 5.82 Å². The van der Waals surface area contributed by atoms with Gasteiger partial charge in [0.2, 0.25) is 11.8 Å². The average molecular weight is 358 g/mol. The Hall–Kier alpha value is -2.54. The molecule has 0 radical (unpaired) electrons. The Kier molecular flexibility index (Phi) is 5.46. The molecule has 6 nitrogen and oxygen atoms in total. The normalized spacial score (nSPS) is 17.0. The van der Waals surface area contributed by atoms with Crippen LogP contribution in [0, 0.1) is 12.7 Å². The molecule has 2 heterocycles. The van der Waals surface area contributed by atoms with Crippen LogP contribution in [0.25, 0.3) is 0 Å². The summed E-state index contributed by atoms with van der Waals surface area (Å²) in [6.07, 6.45) is 0.807. The topological polar surface area (TPSA) is 58.6 Å². The molecule has 1 fully saturated rings. The van der Waals surface area contributed by atoms with Gasteiger partial charge in [0, 0.05) is 30.8 Å². The van der Waals surface area contributed by atoms with Gasteiger partial charge in [-0.3, -0.25) is 4.79 Å². The van der Waals surface area contributed by atoms with E-state index in [0.29, 0.717) is 31.3 Å². The molecule has 1 aliphatic rings. The number of carbonyl (C=O) groups is 1. The molecule has 1 aromatic carbocycles. The first kappa shape index (κ1) is 18.3. The molecule has 1 atom stereocenters. The summed E-state index contributed by atoms with van der Waals surface area (Å²) in [5.41, 5.74) is 0.749. The average Bonchev–Trinajstić information content (AvgIpc) is 3.06. The lowest BCUT2D eigenvalue weighted by molar-refractivity contribution is -0.130. The number of ether oxygens (including phenoxy) is 1. The van der Waals surface area contributed by atoms with Gasteiger partial charge in [0.1, 0.15) is 5.82 Å². The molecule has 0 N–H and O–H groups in total. The summed E-state index contributed by atoms with van der Waals surface area (Å²) in [7, 11) is 3.75. The molecule has 0 spiro atoms. The van der Waals surface area contributed by atoms with Crippen molar-refractivity contribution in [1.82, 2.24) is 19.8 Å². The number of aryl methyl sites for hydroxylation is 1. The molecule has 1 aromatic heterocycles. The second-order valence-corrected chi connectivity index (χ2v) is 6.80. The molecular formula is C19H23FN4O2. The van der Waals surface area contributed by atoms with Crippen molar-refractivity contribution < 1.29 is 13.9 Å². The molecule has 26 heavy (non-hydrogen) atoms. The van der Waals surface area contributed by atoms with Crippen LogP contribution in [0.2, 0.25) is 0 Å². The maximum atomic E-state index is 13.8. The lowest BCUT2D eigenvalue weighted by atomic mass is 10.1. The number of likely N-dealkylation sites (tertiary alicyclic amines) is 1. The maximum absolute atomic E-state index is 13.8. The highest BCUT2D eigenvalue weighted by Crippen LogP contribution is 2.28. The van der Waals surface area contributed by atoms with E-state index in [9.17, 15) is 9.18 Å². The maximum Gasteiger partial charge on any atom is 0.236 e. The molecule has 0 unspecified atom stereocenters. The van der Waals surface area contributed by atoms with Crippen LogP contribution in [0.4, 0.5) is 4.39 Å². The van der Waals surface area contributed by atoms with Gasteiger partial charge in [-0.2, -0.15) is 4.98 Å². The molecule has 2 aromatic rings. The van der Waals surface area contributed by atoms with E-state index in [4.69, 9.17) is 4.74 Å². The summed E-state index contributed by atoms with van der Waals surface area (Å²) in [6.45, 7) is 3.53. The first-order valence-corrected chi connectivity index (χ1v) is 8.63. The highest BCUT2D eigenvalue weighted by Gasteiger charge is 2.29. The lowest BCUT2D eigenvalue weighted by Crippen LogP contribution is -2.36. The monoisotopic (exact) mass is 358 g/mol. The molecule has 0 saturated carbocycles. The third-order valence-corrected chi connectivity index (χ3v) is 4.26. The van der Waals surface area contributed by atoms with Crippen molar-refractivity contribution in [2.75, 3.05) is 33.7 Å². The third-order valence-electron chi connectivity index (χ3n) is 4.26. The first-order valence-electron chi connectivity index (χ1n) is 8.63. The zero-order chi connectivity index (χ0) is 18.7. The smallest absolute Gasteiger partial charge is 0.236 e. The van der Waals surface area contributed by atoms with Crippen molar-refractivity contribution in [2.45, 2.75) is 19.3 Å². The van der Waals surface area contributed by atoms with E-state index in [0.717, 1.165) is 12.1 Å². The highest BCUT2D eigenvalue weighted by atomic mass is 19.1. The second kappa shape index (κ2) is 7.78. The van der Waals surface area contributed by atoms with E-state index in [2.05, 4.69) is 9.97 Å². The van der Waals surface area contributed by atoms with Crippen molar-refractivity contribution in [1.29, 1.82) is 0 Å². The SMILES string of the molecule is Cc1cc(Oc2ccccc2F)nc([C@H]2CCN(C(=O)CN(C)C)C2)n1. The molecule has 1 aliphatic heterocycles. The molecule has 1 saturated heterocycles. The van der Waals surface area contributed by atoms with Gasteiger partial charge < -0.3 is 14.5 Å². The first-order chi connectivity index (χ1) is 12.4. The standard InChI is InChI=1S/C19H23FN4O2/c1-13-10-17(26-16-7-5-4-6-15(16)20)22-19(21-13)14-8-9-24(11-14)18(25)12-23(2)3/h4-7,10,14H,8-9,11-12H2,1-3H3/t14-/m0/s1. The van der Waals surface area contributed by atoms with E-state index in [-0.39, 0.29) is 17.6 Å². The Bertz CT molecular complexity index is 797. The third kappa shape index (κ3) is 4.35. The summed E-state index contributed by atoms with van der Waals surface area (Å²) >= 11 is 0. The highest BCUT2D eigenvalue weighted by molar-refractivity contribution is 5.78. The zero-order valence-corrected chi connectivity index (χ0v) is 15.3. The fourth-order valence-corrected chi connectivity index (χ4v) is 3.00. The van der Waals surface area contributed by atoms with Gasteiger partial charge in [0.25, 0.3) is 0 Å². The summed E-state index contributed by atoms with van der Waals surface area (Å²) in [6, 6.07) is 7.90. The van der Waals surface area contributed by atoms with Crippen molar-refractivity contribution in [3.63, 3.8) is 0 Å². The van der Waals surface area contributed by atoms with Gasteiger partial charge in [0.15, 0.2) is 11.6 Å². The number of benzene rings is 1. The molecule has 138 valence electrons. The Balaban J connectivity index is 1.74. The van der Waals surface area contributed by atoms with Crippen molar-refractivity contribution in [2.24, 2.45) is 0 Å². The summed E-state index contributed by atoms with van der Waals surface area (Å²) < 4.78 is 19.4. The largest absolute Gasteiger partial charge is 0.436 e. The van der Waals surface area contributed by atoms with Gasteiger partial charge in [0.05, 0.1) is 6.54 Å². The molecule has 1 amide bonds. The summed E-state index contributed by atoms with van der Waals surface area (Å²) in [5.74, 6) is 0.807. The van der Waals surface area contributed by atoms with Gasteiger partial charge in [-0.05, 0) is 39.6 Å². The van der Waals surface area contributed by atoms with Crippen LogP contribution < -0.4 is 4.74 Å². The lowest BCUT2D eigenvalue weighted by Gasteiger charge is -2.19. The number of aromatic nitrogens is 2. The van der Waals surface area contributed by atoms with Gasteiger partial charge in [-0.25, -0.2) is 9.37 Å². The summed E-state index contributed by atoms with van der Waals surface area (Å²) in [4.78, 5) is 24.9. The zero-order valence-electron chi connectivity index (χ0n) is 15.3. The Morgan fingerprint density at radius 2 is 2.12 bits per heavy atom. The minimum atomic E-state index is -0.438. The molecular weight excluding hydrogens is 335 g/mol. The van der Waals surface area contributed by atoms with Crippen LogP contribution in [0.3, 0.4) is 0 Å². The predicted molar refractivity (Wildman–Crippen MR) is 95.7 cm³/mol. The summed E-state index contributed by atoms with van der Waals surface area (Å²) in [5, 5.41) is 0. The Labute approximate surface area is 152 Å². The number of nitrogens with zero attached hydrogens (tertiary/aromatic N) is 4. The quantitative estimate of drug-likeness (QED) is 0.822. The number of likely N-dealkylation sites (N-methyl/N-ethyl adjacent to an activating group) is 1. The van der Waals surface area contributed by atoms with Crippen molar-refractivity contribution in [3.05, 3.63) is 47.7 Å². The predicted octanol–water partition coefficient (Wildman–Crippen LogP) is 2.59. The number of amides is 1. The second-order valence-electron chi connectivity index (χ2n) is 6.80. The van der Waals surface area contributed by atoms with E-state index in [1.54, 1.807) is 24.3 Å². The molecule has 7 heteroatoms. The van der Waals surface area contributed by atoms with Crippen LogP contribution in [-0.4, -0.2) is 59.4 Å². The van der Waals surface area contributed by atoms with Crippen molar-refractivity contribution in [3.8, 4) is 11.6 Å². The molecule has 0 aliphatic carbocycles. The van der Waals surface area contributed by atoms with Crippen molar-refractivity contribution >= 4 is 5.91 Å². The minimum Gasteiger partial charge on any atom is -0.436 e. The van der Waals surface area contributed by atoms with Crippen LogP contribution in [0.5, 0.6) is 11.6 Å². The van der Waals surface area contributed by atoms with Crippen LogP contribution in [0.15, 0.2) is 30.3 Å². The van der Waals surface area contributed by atoms with E-state index >= 15 is 0 Å². The number of rotatable bonds is 5. The number of para-hydroxylation sites is 1. The van der Waals surface area contributed by atoms with Gasteiger partial charge in [-0.1, -0.05) is 12.1 Å². The Morgan fingerprint density at radius 3 is 2.85 bits per heavy atom. The number of halogens is 1. The minimum absolute atomic E-state index is 0.0592. The fourth-order valence-electron chi connectivity index (χ4n) is 3.00. The van der Waals surface area contributed by atoms with Gasteiger partial charge in [-0.15, -0.1) is 0 Å². The van der Waals surface area contributed by atoms with E-state index in [1.807, 2.05) is 30.8 Å².